The van der Waals surface area contributed by atoms with Crippen molar-refractivity contribution in [1.82, 2.24) is 5.32 Å². The minimum absolute atomic E-state index is 0.222. The van der Waals surface area contributed by atoms with Crippen LogP contribution in [0.1, 0.15) is 37.3 Å². The Hall–Kier alpha value is -1.35. The second-order valence-corrected chi connectivity index (χ2v) is 7.45. The molecule has 1 heterocycles. The number of fused-ring (bicyclic) bond motifs is 6. The molecule has 3 saturated carbocycles. The molecule has 5 rings (SSSR count). The molecule has 0 spiro atoms. The maximum atomic E-state index is 12.2. The summed E-state index contributed by atoms with van der Waals surface area (Å²) >= 11 is 0. The van der Waals surface area contributed by atoms with E-state index in [-0.39, 0.29) is 11.9 Å². The third kappa shape index (κ3) is 1.61. The van der Waals surface area contributed by atoms with Crippen LogP contribution in [0.15, 0.2) is 24.3 Å². The molecule has 5 atom stereocenters. The first-order chi connectivity index (χ1) is 10.2. The number of carbonyl (C=O) groups is 1. The summed E-state index contributed by atoms with van der Waals surface area (Å²) in [6.07, 6.45) is 5.00. The first-order valence-electron chi connectivity index (χ1n) is 8.35. The Morgan fingerprint density at radius 1 is 1.14 bits per heavy atom. The number of nitrogens with zero attached hydrogens (tertiary/aromatic N) is 1. The monoisotopic (exact) mass is 282 g/mol. The zero-order chi connectivity index (χ0) is 14.1. The molecule has 21 heavy (non-hydrogen) atoms. The van der Waals surface area contributed by atoms with Crippen molar-refractivity contribution < 1.29 is 4.79 Å². The van der Waals surface area contributed by atoms with E-state index in [1.54, 1.807) is 0 Å². The molecule has 0 radical (unpaired) electrons. The molecule has 0 saturated heterocycles. The van der Waals surface area contributed by atoms with E-state index < -0.39 is 0 Å². The predicted molar refractivity (Wildman–Crippen MR) is 81.9 cm³/mol. The Labute approximate surface area is 125 Å². The number of nitrogens with one attached hydrogen (secondary N) is 1. The highest BCUT2D eigenvalue weighted by Gasteiger charge is 2.65. The standard InChI is InChI=1S/C18H22N2O/c1-20-14-5-3-2-4-12(14)13(9-15(20)21)19-18-16-10-6-7-11(8-10)17(16)18/h2-5,10-11,13,16-19H,6-9H2,1H3. The number of benzene rings is 1. The van der Waals surface area contributed by atoms with Gasteiger partial charge in [-0.2, -0.15) is 0 Å². The molecule has 0 aromatic heterocycles. The molecule has 1 aromatic carbocycles. The summed E-state index contributed by atoms with van der Waals surface area (Å²) in [5.41, 5.74) is 2.39. The van der Waals surface area contributed by atoms with E-state index in [4.69, 9.17) is 0 Å². The fourth-order valence-corrected chi connectivity index (χ4v) is 5.57. The minimum atomic E-state index is 0.222. The van der Waals surface area contributed by atoms with Gasteiger partial charge in [0.15, 0.2) is 0 Å². The molecule has 110 valence electrons. The maximum absolute atomic E-state index is 12.2. The number of para-hydroxylation sites is 1. The van der Waals surface area contributed by atoms with Crippen molar-refractivity contribution in [3.63, 3.8) is 0 Å². The van der Waals surface area contributed by atoms with Gasteiger partial charge in [0.25, 0.3) is 0 Å². The number of hydrogen-bond donors (Lipinski definition) is 1. The van der Waals surface area contributed by atoms with Crippen LogP contribution >= 0.6 is 0 Å². The third-order valence-electron chi connectivity index (χ3n) is 6.56. The lowest BCUT2D eigenvalue weighted by atomic mass is 9.95. The lowest BCUT2D eigenvalue weighted by Gasteiger charge is -2.32. The summed E-state index contributed by atoms with van der Waals surface area (Å²) in [5, 5.41) is 3.86. The number of hydrogen-bond acceptors (Lipinski definition) is 2. The molecule has 1 aliphatic heterocycles. The van der Waals surface area contributed by atoms with Gasteiger partial charge in [0.1, 0.15) is 0 Å². The Morgan fingerprint density at radius 3 is 2.62 bits per heavy atom. The Balaban J connectivity index is 1.41. The molecule has 4 aliphatic rings. The highest BCUT2D eigenvalue weighted by molar-refractivity contribution is 5.96. The van der Waals surface area contributed by atoms with Crippen LogP contribution in [0.5, 0.6) is 0 Å². The van der Waals surface area contributed by atoms with Gasteiger partial charge in [0.2, 0.25) is 5.91 Å². The first-order valence-corrected chi connectivity index (χ1v) is 8.35. The normalized spacial score (nSPS) is 42.9. The minimum Gasteiger partial charge on any atom is -0.315 e. The van der Waals surface area contributed by atoms with E-state index in [1.807, 2.05) is 18.0 Å². The third-order valence-corrected chi connectivity index (χ3v) is 6.56. The van der Waals surface area contributed by atoms with E-state index >= 15 is 0 Å². The summed E-state index contributed by atoms with van der Waals surface area (Å²) in [7, 11) is 1.89. The van der Waals surface area contributed by atoms with E-state index in [0.29, 0.717) is 12.5 Å². The summed E-state index contributed by atoms with van der Waals surface area (Å²) in [4.78, 5) is 14.1. The summed E-state index contributed by atoms with van der Waals surface area (Å²) in [6, 6.07) is 9.28. The lowest BCUT2D eigenvalue weighted by Crippen LogP contribution is -2.39. The topological polar surface area (TPSA) is 32.3 Å². The van der Waals surface area contributed by atoms with E-state index in [0.717, 1.165) is 29.4 Å². The second kappa shape index (κ2) is 4.10. The molecule has 1 N–H and O–H groups in total. The van der Waals surface area contributed by atoms with Gasteiger partial charge < -0.3 is 10.2 Å². The Kier molecular flexibility index (Phi) is 2.38. The van der Waals surface area contributed by atoms with Crippen LogP contribution < -0.4 is 10.2 Å². The van der Waals surface area contributed by atoms with E-state index in [2.05, 4.69) is 23.5 Å². The van der Waals surface area contributed by atoms with Crippen molar-refractivity contribution in [2.24, 2.45) is 23.7 Å². The number of carbonyl (C=O) groups excluding carboxylic acids is 1. The molecular formula is C18H22N2O. The summed E-state index contributed by atoms with van der Waals surface area (Å²) < 4.78 is 0. The fourth-order valence-electron chi connectivity index (χ4n) is 5.57. The van der Waals surface area contributed by atoms with Crippen molar-refractivity contribution in [2.45, 2.75) is 37.8 Å². The van der Waals surface area contributed by atoms with Crippen LogP contribution in [0.4, 0.5) is 5.69 Å². The number of anilines is 1. The number of amides is 1. The molecular weight excluding hydrogens is 260 g/mol. The SMILES string of the molecule is CN1C(=O)CC(NC2C3C4CCC(C4)C23)c2ccccc21. The van der Waals surface area contributed by atoms with Crippen molar-refractivity contribution >= 4 is 11.6 Å². The van der Waals surface area contributed by atoms with Crippen LogP contribution in [0.2, 0.25) is 0 Å². The van der Waals surface area contributed by atoms with Crippen molar-refractivity contribution in [1.29, 1.82) is 0 Å². The molecule has 3 fully saturated rings. The zero-order valence-electron chi connectivity index (χ0n) is 12.5. The second-order valence-electron chi connectivity index (χ2n) is 7.45. The molecule has 3 heteroatoms. The smallest absolute Gasteiger partial charge is 0.228 e. The quantitative estimate of drug-likeness (QED) is 0.904. The Bertz CT molecular complexity index is 597. The summed E-state index contributed by atoms with van der Waals surface area (Å²) in [5.74, 6) is 4.04. The Morgan fingerprint density at radius 2 is 1.86 bits per heavy atom. The average Bonchev–Trinajstić information content (AvgIpc) is 2.89. The first kappa shape index (κ1) is 12.2. The summed E-state index contributed by atoms with van der Waals surface area (Å²) in [6.45, 7) is 0. The van der Waals surface area contributed by atoms with E-state index in [1.165, 1.54) is 24.8 Å². The van der Waals surface area contributed by atoms with Gasteiger partial charge in [-0.1, -0.05) is 18.2 Å². The number of rotatable bonds is 2. The lowest BCUT2D eigenvalue weighted by molar-refractivity contribution is -0.119. The van der Waals surface area contributed by atoms with Crippen molar-refractivity contribution in [2.75, 3.05) is 11.9 Å². The van der Waals surface area contributed by atoms with Gasteiger partial charge in [-0.25, -0.2) is 0 Å². The fraction of sp³-hybridized carbons (Fsp3) is 0.611. The van der Waals surface area contributed by atoms with Crippen LogP contribution in [0, 0.1) is 23.7 Å². The van der Waals surface area contributed by atoms with E-state index in [9.17, 15) is 4.79 Å². The molecule has 1 amide bonds. The average molecular weight is 282 g/mol. The van der Waals surface area contributed by atoms with Crippen LogP contribution in [0.3, 0.4) is 0 Å². The maximum Gasteiger partial charge on any atom is 0.228 e. The highest BCUT2D eigenvalue weighted by Crippen LogP contribution is 2.66. The molecule has 5 unspecified atom stereocenters. The van der Waals surface area contributed by atoms with Gasteiger partial charge in [-0.3, -0.25) is 4.79 Å². The zero-order valence-corrected chi connectivity index (χ0v) is 12.5. The van der Waals surface area contributed by atoms with Gasteiger partial charge in [0, 0.05) is 31.2 Å². The van der Waals surface area contributed by atoms with Gasteiger partial charge in [-0.15, -0.1) is 0 Å². The highest BCUT2D eigenvalue weighted by atomic mass is 16.2. The largest absolute Gasteiger partial charge is 0.315 e. The molecule has 2 bridgehead atoms. The molecule has 1 aromatic rings. The van der Waals surface area contributed by atoms with Crippen LogP contribution in [-0.2, 0) is 4.79 Å². The van der Waals surface area contributed by atoms with Crippen LogP contribution in [0.25, 0.3) is 0 Å². The molecule has 3 nitrogen and oxygen atoms in total. The predicted octanol–water partition coefficient (Wildman–Crippen LogP) is 2.73. The van der Waals surface area contributed by atoms with Gasteiger partial charge >= 0.3 is 0 Å². The van der Waals surface area contributed by atoms with Gasteiger partial charge in [-0.05, 0) is 54.6 Å². The van der Waals surface area contributed by atoms with Crippen LogP contribution in [-0.4, -0.2) is 19.0 Å². The van der Waals surface area contributed by atoms with Crippen molar-refractivity contribution in [3.05, 3.63) is 29.8 Å². The van der Waals surface area contributed by atoms with Crippen molar-refractivity contribution in [3.8, 4) is 0 Å². The van der Waals surface area contributed by atoms with Gasteiger partial charge in [0.05, 0.1) is 0 Å². The molecule has 3 aliphatic carbocycles.